The van der Waals surface area contributed by atoms with Gasteiger partial charge in [0.25, 0.3) is 0 Å². The molecule has 0 aliphatic heterocycles. The number of fused-ring (bicyclic) bond motifs is 8. The third-order valence-corrected chi connectivity index (χ3v) is 10.3. The molecule has 1 aliphatic carbocycles. The van der Waals surface area contributed by atoms with E-state index in [4.69, 9.17) is 19.4 Å². The van der Waals surface area contributed by atoms with Crippen LogP contribution in [-0.2, 0) is 5.41 Å². The maximum atomic E-state index is 6.52. The molecule has 0 fully saturated rings. The van der Waals surface area contributed by atoms with Gasteiger partial charge in [0.1, 0.15) is 11.2 Å². The lowest BCUT2D eigenvalue weighted by molar-refractivity contribution is 0.660. The average molecular weight is 642 g/mol. The first kappa shape index (κ1) is 28.6. The van der Waals surface area contributed by atoms with Crippen LogP contribution in [0.5, 0.6) is 0 Å². The van der Waals surface area contributed by atoms with E-state index in [2.05, 4.69) is 129 Å². The molecule has 0 radical (unpaired) electrons. The van der Waals surface area contributed by atoms with E-state index < -0.39 is 0 Å². The van der Waals surface area contributed by atoms with Crippen molar-refractivity contribution in [3.05, 3.63) is 163 Å². The minimum atomic E-state index is -0.141. The van der Waals surface area contributed by atoms with Gasteiger partial charge in [-0.3, -0.25) is 0 Å². The number of hydrogen-bond donors (Lipinski definition) is 0. The lowest BCUT2D eigenvalue weighted by Gasteiger charge is -2.21. The summed E-state index contributed by atoms with van der Waals surface area (Å²) in [5.41, 5.74) is 11.9. The van der Waals surface area contributed by atoms with Crippen molar-refractivity contribution in [2.45, 2.75) is 19.3 Å². The van der Waals surface area contributed by atoms with Gasteiger partial charge in [-0.2, -0.15) is 0 Å². The Balaban J connectivity index is 1.25. The molecule has 2 aromatic heterocycles. The van der Waals surface area contributed by atoms with E-state index in [-0.39, 0.29) is 5.41 Å². The topological polar surface area (TPSA) is 51.8 Å². The fraction of sp³-hybridized carbons (Fsp3) is 0.0652. The van der Waals surface area contributed by atoms with Crippen molar-refractivity contribution in [2.24, 2.45) is 0 Å². The zero-order valence-corrected chi connectivity index (χ0v) is 27.7. The predicted octanol–water partition coefficient (Wildman–Crippen LogP) is 11.9. The molecule has 9 aromatic rings. The number of nitrogens with zero attached hydrogens (tertiary/aromatic N) is 3. The van der Waals surface area contributed by atoms with Crippen LogP contribution in [0.1, 0.15) is 25.0 Å². The molecule has 10 rings (SSSR count). The fourth-order valence-corrected chi connectivity index (χ4v) is 7.78. The van der Waals surface area contributed by atoms with E-state index in [0.717, 1.165) is 60.5 Å². The Morgan fingerprint density at radius 3 is 1.86 bits per heavy atom. The number of para-hydroxylation sites is 1. The Morgan fingerprint density at radius 1 is 0.400 bits per heavy atom. The van der Waals surface area contributed by atoms with Gasteiger partial charge in [0.2, 0.25) is 0 Å². The Labute approximate surface area is 289 Å². The van der Waals surface area contributed by atoms with Crippen LogP contribution in [0.25, 0.3) is 89.1 Å². The quantitative estimate of drug-likeness (QED) is 0.192. The summed E-state index contributed by atoms with van der Waals surface area (Å²) in [6.45, 7) is 4.60. The summed E-state index contributed by atoms with van der Waals surface area (Å²) in [5, 5.41) is 4.15. The molecule has 2 heterocycles. The lowest BCUT2D eigenvalue weighted by Crippen LogP contribution is -2.15. The first-order chi connectivity index (χ1) is 24.5. The largest absolute Gasteiger partial charge is 0.455 e. The Kier molecular flexibility index (Phi) is 6.19. The molecule has 0 saturated carbocycles. The van der Waals surface area contributed by atoms with E-state index >= 15 is 0 Å². The predicted molar refractivity (Wildman–Crippen MR) is 204 cm³/mol. The van der Waals surface area contributed by atoms with Crippen molar-refractivity contribution in [3.8, 4) is 56.4 Å². The molecule has 0 spiro atoms. The smallest absolute Gasteiger partial charge is 0.164 e. The Bertz CT molecular complexity index is 2780. The SMILES string of the molecule is CC1(C)c2ccccc2-c2ccc(-c3nc(-c4ccccc4)nc(-c4cc5c6ccccc6oc5c5ccc(-c6ccccc6)cc45)n3)cc21. The van der Waals surface area contributed by atoms with Crippen molar-refractivity contribution in [3.63, 3.8) is 0 Å². The van der Waals surface area contributed by atoms with E-state index in [1.807, 2.05) is 36.4 Å². The summed E-state index contributed by atoms with van der Waals surface area (Å²) in [7, 11) is 0. The standard InChI is InChI=1S/C46H31N3O/c1-46(2)39-19-11-9-17-32(39)33-23-22-31(26-40(33)46)44-47-43(29-15-7-4-8-16-29)48-45(49-44)38-27-37-34-18-10-12-20-41(34)50-42(37)35-24-21-30(25-36(35)38)28-13-5-3-6-14-28/h3-27H,1-2H3. The van der Waals surface area contributed by atoms with Gasteiger partial charge >= 0.3 is 0 Å². The van der Waals surface area contributed by atoms with Crippen LogP contribution in [0.3, 0.4) is 0 Å². The highest BCUT2D eigenvalue weighted by Crippen LogP contribution is 2.49. The molecule has 0 saturated heterocycles. The molecule has 0 N–H and O–H groups in total. The van der Waals surface area contributed by atoms with Gasteiger partial charge < -0.3 is 4.42 Å². The van der Waals surface area contributed by atoms with Crippen LogP contribution in [0.15, 0.2) is 156 Å². The van der Waals surface area contributed by atoms with Crippen LogP contribution in [0, 0.1) is 0 Å². The van der Waals surface area contributed by atoms with Crippen molar-refractivity contribution >= 4 is 32.7 Å². The van der Waals surface area contributed by atoms with Crippen LogP contribution < -0.4 is 0 Å². The zero-order chi connectivity index (χ0) is 33.4. The van der Waals surface area contributed by atoms with Gasteiger partial charge in [-0.25, -0.2) is 15.0 Å². The maximum absolute atomic E-state index is 6.52. The Morgan fingerprint density at radius 2 is 1.04 bits per heavy atom. The molecule has 0 amide bonds. The third-order valence-electron chi connectivity index (χ3n) is 10.3. The van der Waals surface area contributed by atoms with Gasteiger partial charge in [0.15, 0.2) is 17.5 Å². The normalized spacial score (nSPS) is 13.2. The highest BCUT2D eigenvalue weighted by Gasteiger charge is 2.35. The number of hydrogen-bond acceptors (Lipinski definition) is 4. The van der Waals surface area contributed by atoms with E-state index in [9.17, 15) is 0 Å². The minimum absolute atomic E-state index is 0.141. The average Bonchev–Trinajstić information content (AvgIpc) is 3.66. The first-order valence-corrected chi connectivity index (χ1v) is 17.0. The molecule has 50 heavy (non-hydrogen) atoms. The molecule has 4 nitrogen and oxygen atoms in total. The second kappa shape index (κ2) is 10.8. The maximum Gasteiger partial charge on any atom is 0.164 e. The molecule has 7 aromatic carbocycles. The van der Waals surface area contributed by atoms with E-state index in [1.54, 1.807) is 0 Å². The second-order valence-corrected chi connectivity index (χ2v) is 13.6. The van der Waals surface area contributed by atoms with Crippen molar-refractivity contribution < 1.29 is 4.42 Å². The van der Waals surface area contributed by atoms with Crippen LogP contribution in [-0.4, -0.2) is 15.0 Å². The summed E-state index contributed by atoms with van der Waals surface area (Å²) < 4.78 is 6.52. The highest BCUT2D eigenvalue weighted by atomic mass is 16.3. The molecule has 0 bridgehead atoms. The Hall–Kier alpha value is -6.39. The van der Waals surface area contributed by atoms with Gasteiger partial charge in [-0.1, -0.05) is 135 Å². The molecular weight excluding hydrogens is 611 g/mol. The van der Waals surface area contributed by atoms with Gasteiger partial charge in [-0.15, -0.1) is 0 Å². The van der Waals surface area contributed by atoms with Gasteiger partial charge in [-0.05, 0) is 69.1 Å². The van der Waals surface area contributed by atoms with Crippen LogP contribution in [0.2, 0.25) is 0 Å². The number of benzene rings is 7. The molecule has 0 atom stereocenters. The second-order valence-electron chi connectivity index (χ2n) is 13.6. The molecule has 236 valence electrons. The third kappa shape index (κ3) is 4.35. The monoisotopic (exact) mass is 641 g/mol. The number of rotatable bonds is 4. The highest BCUT2D eigenvalue weighted by molar-refractivity contribution is 6.19. The van der Waals surface area contributed by atoms with Crippen LogP contribution in [0.4, 0.5) is 0 Å². The molecule has 0 unspecified atom stereocenters. The number of aromatic nitrogens is 3. The summed E-state index contributed by atoms with van der Waals surface area (Å²) >= 11 is 0. The van der Waals surface area contributed by atoms with Crippen molar-refractivity contribution in [1.82, 2.24) is 15.0 Å². The van der Waals surface area contributed by atoms with E-state index in [0.29, 0.717) is 17.5 Å². The number of furan rings is 1. The molecule has 1 aliphatic rings. The molecular formula is C46H31N3O. The summed E-state index contributed by atoms with van der Waals surface area (Å²) in [5.74, 6) is 1.91. The van der Waals surface area contributed by atoms with E-state index in [1.165, 1.54) is 22.3 Å². The van der Waals surface area contributed by atoms with Gasteiger partial charge in [0, 0.05) is 38.3 Å². The van der Waals surface area contributed by atoms with Gasteiger partial charge in [0.05, 0.1) is 0 Å². The summed E-state index contributed by atoms with van der Waals surface area (Å²) in [6, 6.07) is 53.1. The zero-order valence-electron chi connectivity index (χ0n) is 27.7. The first-order valence-electron chi connectivity index (χ1n) is 17.0. The van der Waals surface area contributed by atoms with Crippen molar-refractivity contribution in [1.29, 1.82) is 0 Å². The van der Waals surface area contributed by atoms with Crippen molar-refractivity contribution in [2.75, 3.05) is 0 Å². The lowest BCUT2D eigenvalue weighted by atomic mass is 9.82. The summed E-state index contributed by atoms with van der Waals surface area (Å²) in [6.07, 6.45) is 0. The molecule has 4 heteroatoms. The van der Waals surface area contributed by atoms with Crippen LogP contribution >= 0.6 is 0 Å². The summed E-state index contributed by atoms with van der Waals surface area (Å²) in [4.78, 5) is 15.6. The minimum Gasteiger partial charge on any atom is -0.455 e. The fourth-order valence-electron chi connectivity index (χ4n) is 7.78.